The largest absolute Gasteiger partial charge is 0.496 e. The number of benzene rings is 2. The van der Waals surface area contributed by atoms with Crippen molar-refractivity contribution >= 4 is 11.9 Å². The maximum atomic E-state index is 12.1. The molecule has 3 amide bonds. The molecular formula is C26H32N2O4. The highest BCUT2D eigenvalue weighted by atomic mass is 16.5. The normalized spacial score (nSPS) is 18.9. The fourth-order valence-electron chi connectivity index (χ4n) is 4.97. The number of amides is 3. The predicted octanol–water partition coefficient (Wildman–Crippen LogP) is 4.77. The fraction of sp³-hybridized carbons (Fsp3) is 0.462. The van der Waals surface area contributed by atoms with Crippen molar-refractivity contribution in [2.45, 2.75) is 57.9 Å². The average Bonchev–Trinajstić information content (AvgIpc) is 3.07. The van der Waals surface area contributed by atoms with Crippen LogP contribution >= 0.6 is 0 Å². The number of ether oxygens (including phenoxy) is 2. The van der Waals surface area contributed by atoms with Gasteiger partial charge in [0.25, 0.3) is 0 Å². The van der Waals surface area contributed by atoms with Crippen LogP contribution in [0, 0.1) is 0 Å². The summed E-state index contributed by atoms with van der Waals surface area (Å²) >= 11 is 0. The number of hydrogen-bond donors (Lipinski definition) is 1. The van der Waals surface area contributed by atoms with Crippen LogP contribution < -0.4 is 14.8 Å². The van der Waals surface area contributed by atoms with Gasteiger partial charge in [-0.3, -0.25) is 10.1 Å². The molecule has 0 saturated carbocycles. The number of rotatable bonds is 5. The Morgan fingerprint density at radius 2 is 1.62 bits per heavy atom. The molecule has 0 atom stereocenters. The van der Waals surface area contributed by atoms with E-state index in [0.717, 1.165) is 29.5 Å². The number of carbonyl (C=O) groups excluding carboxylic acids is 2. The predicted molar refractivity (Wildman–Crippen MR) is 124 cm³/mol. The van der Waals surface area contributed by atoms with E-state index in [1.54, 1.807) is 14.2 Å². The van der Waals surface area contributed by atoms with Crippen LogP contribution in [0.4, 0.5) is 4.79 Å². The van der Waals surface area contributed by atoms with Crippen LogP contribution in [0.3, 0.4) is 0 Å². The Hall–Kier alpha value is -3.02. The van der Waals surface area contributed by atoms with Gasteiger partial charge in [-0.1, -0.05) is 45.9 Å². The Labute approximate surface area is 189 Å². The molecule has 32 heavy (non-hydrogen) atoms. The Morgan fingerprint density at radius 3 is 2.22 bits per heavy atom. The van der Waals surface area contributed by atoms with Crippen molar-refractivity contribution in [2.75, 3.05) is 20.8 Å². The molecule has 2 aliphatic rings. The lowest BCUT2D eigenvalue weighted by Crippen LogP contribution is -2.33. The minimum absolute atomic E-state index is 0.0471. The van der Waals surface area contributed by atoms with Gasteiger partial charge >= 0.3 is 6.03 Å². The molecule has 170 valence electrons. The number of hydrogen-bond acceptors (Lipinski definition) is 4. The first-order chi connectivity index (χ1) is 15.1. The zero-order valence-corrected chi connectivity index (χ0v) is 19.8. The molecule has 6 heteroatoms. The monoisotopic (exact) mass is 436 g/mol. The van der Waals surface area contributed by atoms with Gasteiger partial charge in [-0.25, -0.2) is 4.79 Å². The van der Waals surface area contributed by atoms with Crippen LogP contribution in [-0.4, -0.2) is 37.6 Å². The molecule has 4 rings (SSSR count). The van der Waals surface area contributed by atoms with Crippen molar-refractivity contribution in [3.8, 4) is 22.6 Å². The van der Waals surface area contributed by atoms with Crippen molar-refractivity contribution < 1.29 is 19.1 Å². The van der Waals surface area contributed by atoms with Crippen LogP contribution in [0.1, 0.15) is 57.2 Å². The summed E-state index contributed by atoms with van der Waals surface area (Å²) in [7, 11) is 3.28. The van der Waals surface area contributed by atoms with Crippen molar-refractivity contribution in [1.29, 1.82) is 0 Å². The topological polar surface area (TPSA) is 67.9 Å². The summed E-state index contributed by atoms with van der Waals surface area (Å²) in [6.45, 7) is 9.56. The first kappa shape index (κ1) is 22.2. The highest BCUT2D eigenvalue weighted by Gasteiger charge is 2.37. The number of carbonyl (C=O) groups is 2. The maximum Gasteiger partial charge on any atom is 0.324 e. The number of fused-ring (bicyclic) bond motifs is 1. The number of imide groups is 1. The van der Waals surface area contributed by atoms with Crippen LogP contribution in [0.25, 0.3) is 11.1 Å². The number of methoxy groups -OCH3 is 2. The van der Waals surface area contributed by atoms with Crippen molar-refractivity contribution in [1.82, 2.24) is 10.2 Å². The lowest BCUT2D eigenvalue weighted by atomic mass is 9.63. The van der Waals surface area contributed by atoms with Gasteiger partial charge in [0.15, 0.2) is 0 Å². The summed E-state index contributed by atoms with van der Waals surface area (Å²) in [5.41, 5.74) is 5.66. The van der Waals surface area contributed by atoms with Crippen molar-refractivity contribution in [2.24, 2.45) is 0 Å². The molecule has 1 heterocycles. The quantitative estimate of drug-likeness (QED) is 0.686. The Balaban J connectivity index is 1.84. The molecule has 2 aromatic rings. The lowest BCUT2D eigenvalue weighted by molar-refractivity contribution is -0.118. The molecule has 1 fully saturated rings. The molecule has 0 radical (unpaired) electrons. The average molecular weight is 437 g/mol. The van der Waals surface area contributed by atoms with Crippen molar-refractivity contribution in [3.05, 3.63) is 47.0 Å². The SMILES string of the molecule is COc1ccc(CN2CC(=O)NC2=O)c(OC)c1-c1ccc2c(c1)C(C)(C)CCC2(C)C. The second-order valence-electron chi connectivity index (χ2n) is 10.1. The van der Waals surface area contributed by atoms with Gasteiger partial charge in [-0.2, -0.15) is 0 Å². The van der Waals surface area contributed by atoms with E-state index in [1.807, 2.05) is 12.1 Å². The second-order valence-corrected chi connectivity index (χ2v) is 10.1. The Kier molecular flexibility index (Phi) is 5.43. The minimum atomic E-state index is -0.382. The number of nitrogens with zero attached hydrogens (tertiary/aromatic N) is 1. The van der Waals surface area contributed by atoms with E-state index in [0.29, 0.717) is 11.5 Å². The molecule has 2 aromatic carbocycles. The zero-order chi connectivity index (χ0) is 23.3. The van der Waals surface area contributed by atoms with E-state index in [2.05, 4.69) is 51.2 Å². The van der Waals surface area contributed by atoms with Crippen LogP contribution in [0.5, 0.6) is 11.5 Å². The second kappa shape index (κ2) is 7.84. The maximum absolute atomic E-state index is 12.1. The van der Waals surface area contributed by atoms with E-state index in [4.69, 9.17) is 9.47 Å². The van der Waals surface area contributed by atoms with Gasteiger partial charge in [0.05, 0.1) is 26.3 Å². The van der Waals surface area contributed by atoms with Crippen LogP contribution in [-0.2, 0) is 22.2 Å². The third-order valence-electron chi connectivity index (χ3n) is 7.00. The fourth-order valence-corrected chi connectivity index (χ4v) is 4.97. The molecule has 0 aromatic heterocycles. The molecule has 0 spiro atoms. The minimum Gasteiger partial charge on any atom is -0.496 e. The summed E-state index contributed by atoms with van der Waals surface area (Å²) in [6, 6.07) is 10.1. The third-order valence-corrected chi connectivity index (χ3v) is 7.00. The van der Waals surface area contributed by atoms with Gasteiger partial charge in [-0.05, 0) is 52.5 Å². The van der Waals surface area contributed by atoms with E-state index in [9.17, 15) is 9.59 Å². The highest BCUT2D eigenvalue weighted by molar-refractivity contribution is 6.01. The van der Waals surface area contributed by atoms with Gasteiger partial charge in [0.2, 0.25) is 5.91 Å². The Morgan fingerprint density at radius 1 is 0.938 bits per heavy atom. The number of nitrogens with one attached hydrogen (secondary N) is 1. The van der Waals surface area contributed by atoms with Gasteiger partial charge in [0, 0.05) is 5.56 Å². The standard InChI is InChI=1S/C26H32N2O4/c1-25(2)11-12-26(3,4)19-13-16(7-9-18(19)25)22-20(31-5)10-8-17(23(22)32-6)14-28-15-21(29)27-24(28)30/h7-10,13H,11-12,14-15H2,1-6H3,(H,27,29,30). The summed E-state index contributed by atoms with van der Waals surface area (Å²) < 4.78 is 11.6. The third kappa shape index (κ3) is 3.72. The zero-order valence-electron chi connectivity index (χ0n) is 19.8. The summed E-state index contributed by atoms with van der Waals surface area (Å²) in [5.74, 6) is 1.08. The van der Waals surface area contributed by atoms with E-state index >= 15 is 0 Å². The Bertz CT molecular complexity index is 1090. The summed E-state index contributed by atoms with van der Waals surface area (Å²) in [5, 5.41) is 2.33. The van der Waals surface area contributed by atoms with Crippen molar-refractivity contribution in [3.63, 3.8) is 0 Å². The van der Waals surface area contributed by atoms with Crippen LogP contribution in [0.15, 0.2) is 30.3 Å². The van der Waals surface area contributed by atoms with E-state index < -0.39 is 0 Å². The molecule has 0 unspecified atom stereocenters. The molecule has 1 saturated heterocycles. The summed E-state index contributed by atoms with van der Waals surface area (Å²) in [4.78, 5) is 25.2. The lowest BCUT2D eigenvalue weighted by Gasteiger charge is -2.42. The molecule has 1 N–H and O–H groups in total. The molecule has 1 aliphatic carbocycles. The first-order valence-corrected chi connectivity index (χ1v) is 11.1. The highest BCUT2D eigenvalue weighted by Crippen LogP contribution is 2.49. The first-order valence-electron chi connectivity index (χ1n) is 11.1. The van der Waals surface area contributed by atoms with Gasteiger partial charge in [-0.15, -0.1) is 0 Å². The molecule has 0 bridgehead atoms. The van der Waals surface area contributed by atoms with E-state index in [-0.39, 0.29) is 35.9 Å². The number of urea groups is 1. The smallest absolute Gasteiger partial charge is 0.324 e. The van der Waals surface area contributed by atoms with E-state index in [1.165, 1.54) is 16.0 Å². The van der Waals surface area contributed by atoms with Gasteiger partial charge in [0.1, 0.15) is 18.0 Å². The molecular weight excluding hydrogens is 404 g/mol. The van der Waals surface area contributed by atoms with Gasteiger partial charge < -0.3 is 14.4 Å². The molecule has 6 nitrogen and oxygen atoms in total. The molecule has 1 aliphatic heterocycles. The van der Waals surface area contributed by atoms with Crippen LogP contribution in [0.2, 0.25) is 0 Å². The summed E-state index contributed by atoms with van der Waals surface area (Å²) in [6.07, 6.45) is 2.29.